The average molecular weight is 200 g/mol. The Hall–Kier alpha value is -2.10. The third-order valence-corrected chi connectivity index (χ3v) is 1.96. The van der Waals surface area contributed by atoms with Crippen LogP contribution in [-0.4, -0.2) is 9.97 Å². The van der Waals surface area contributed by atoms with E-state index >= 15 is 0 Å². The van der Waals surface area contributed by atoms with Gasteiger partial charge in [-0.1, -0.05) is 12.1 Å². The Kier molecular flexibility index (Phi) is 2.49. The maximum Gasteiger partial charge on any atom is 0.149 e. The van der Waals surface area contributed by atoms with E-state index in [1.165, 1.54) is 11.8 Å². The summed E-state index contributed by atoms with van der Waals surface area (Å²) < 4.78 is 0. The standard InChI is InChI=1S/C11H12N4/c1-8-3-2-4-9(5-8)15-11-7-13-10(12)6-14-11/h2-7H,1H3,(H2,12,13)(H,14,15). The molecule has 1 aromatic carbocycles. The van der Waals surface area contributed by atoms with E-state index in [0.717, 1.165) is 5.69 Å². The van der Waals surface area contributed by atoms with E-state index in [1.54, 1.807) is 6.20 Å². The molecule has 1 heterocycles. The van der Waals surface area contributed by atoms with E-state index in [0.29, 0.717) is 11.6 Å². The summed E-state index contributed by atoms with van der Waals surface area (Å²) in [6.07, 6.45) is 3.13. The molecule has 3 N–H and O–H groups in total. The second kappa shape index (κ2) is 3.96. The fourth-order valence-corrected chi connectivity index (χ4v) is 1.27. The minimum Gasteiger partial charge on any atom is -0.382 e. The number of nitrogens with two attached hydrogens (primary N) is 1. The molecule has 0 spiro atoms. The van der Waals surface area contributed by atoms with Gasteiger partial charge in [0.2, 0.25) is 0 Å². The van der Waals surface area contributed by atoms with Crippen molar-refractivity contribution >= 4 is 17.3 Å². The fourth-order valence-electron chi connectivity index (χ4n) is 1.27. The molecule has 1 aromatic heterocycles. The van der Waals surface area contributed by atoms with E-state index in [2.05, 4.69) is 15.3 Å². The van der Waals surface area contributed by atoms with E-state index in [-0.39, 0.29) is 0 Å². The van der Waals surface area contributed by atoms with Crippen LogP contribution >= 0.6 is 0 Å². The largest absolute Gasteiger partial charge is 0.382 e. The summed E-state index contributed by atoms with van der Waals surface area (Å²) in [7, 11) is 0. The lowest BCUT2D eigenvalue weighted by molar-refractivity contribution is 1.21. The molecule has 4 nitrogen and oxygen atoms in total. The van der Waals surface area contributed by atoms with Gasteiger partial charge in [-0.05, 0) is 24.6 Å². The van der Waals surface area contributed by atoms with Gasteiger partial charge in [0.1, 0.15) is 11.6 Å². The second-order valence-electron chi connectivity index (χ2n) is 3.32. The van der Waals surface area contributed by atoms with Gasteiger partial charge in [-0.15, -0.1) is 0 Å². The summed E-state index contributed by atoms with van der Waals surface area (Å²) in [6, 6.07) is 8.05. The Morgan fingerprint density at radius 2 is 2.07 bits per heavy atom. The first kappa shape index (κ1) is 9.45. The zero-order chi connectivity index (χ0) is 10.7. The van der Waals surface area contributed by atoms with Gasteiger partial charge in [-0.25, -0.2) is 9.97 Å². The van der Waals surface area contributed by atoms with Crippen molar-refractivity contribution in [3.05, 3.63) is 42.2 Å². The van der Waals surface area contributed by atoms with Crippen molar-refractivity contribution in [2.75, 3.05) is 11.1 Å². The smallest absolute Gasteiger partial charge is 0.149 e. The van der Waals surface area contributed by atoms with Gasteiger partial charge in [-0.2, -0.15) is 0 Å². The molecule has 76 valence electrons. The van der Waals surface area contributed by atoms with E-state index in [1.807, 2.05) is 31.2 Å². The maximum atomic E-state index is 5.44. The van der Waals surface area contributed by atoms with Crippen molar-refractivity contribution < 1.29 is 0 Å². The number of hydrogen-bond acceptors (Lipinski definition) is 4. The van der Waals surface area contributed by atoms with Crippen LogP contribution < -0.4 is 11.1 Å². The SMILES string of the molecule is Cc1cccc(Nc2cnc(N)cn2)c1. The maximum absolute atomic E-state index is 5.44. The molecule has 0 saturated heterocycles. The molecule has 0 atom stereocenters. The predicted octanol–water partition coefficient (Wildman–Crippen LogP) is 2.11. The first-order chi connectivity index (χ1) is 7.24. The van der Waals surface area contributed by atoms with Crippen molar-refractivity contribution in [3.63, 3.8) is 0 Å². The van der Waals surface area contributed by atoms with Crippen LogP contribution in [0.4, 0.5) is 17.3 Å². The quantitative estimate of drug-likeness (QED) is 0.779. The monoisotopic (exact) mass is 200 g/mol. The number of rotatable bonds is 2. The molecule has 0 aliphatic heterocycles. The van der Waals surface area contributed by atoms with Crippen LogP contribution in [0.1, 0.15) is 5.56 Å². The van der Waals surface area contributed by atoms with Crippen molar-refractivity contribution in [1.29, 1.82) is 0 Å². The summed E-state index contributed by atoms with van der Waals surface area (Å²) in [5.41, 5.74) is 7.63. The van der Waals surface area contributed by atoms with Gasteiger partial charge in [0.15, 0.2) is 0 Å². The highest BCUT2D eigenvalue weighted by Gasteiger charge is 1.96. The molecular weight excluding hydrogens is 188 g/mol. The lowest BCUT2D eigenvalue weighted by atomic mass is 10.2. The Bertz CT molecular complexity index is 450. The van der Waals surface area contributed by atoms with Crippen LogP contribution in [-0.2, 0) is 0 Å². The van der Waals surface area contributed by atoms with Gasteiger partial charge in [0, 0.05) is 5.69 Å². The number of nitrogen functional groups attached to an aromatic ring is 1. The zero-order valence-electron chi connectivity index (χ0n) is 8.44. The summed E-state index contributed by atoms with van der Waals surface area (Å²) in [6.45, 7) is 2.04. The molecule has 2 rings (SSSR count). The Morgan fingerprint density at radius 3 is 2.73 bits per heavy atom. The molecule has 0 unspecified atom stereocenters. The van der Waals surface area contributed by atoms with Gasteiger partial charge in [0.25, 0.3) is 0 Å². The molecule has 0 aliphatic carbocycles. The van der Waals surface area contributed by atoms with Gasteiger partial charge >= 0.3 is 0 Å². The third-order valence-electron chi connectivity index (χ3n) is 1.96. The molecule has 0 radical (unpaired) electrons. The lowest BCUT2D eigenvalue weighted by Gasteiger charge is -2.05. The van der Waals surface area contributed by atoms with Gasteiger partial charge < -0.3 is 11.1 Å². The van der Waals surface area contributed by atoms with Crippen molar-refractivity contribution in [2.45, 2.75) is 6.92 Å². The highest BCUT2D eigenvalue weighted by Crippen LogP contribution is 2.14. The molecular formula is C11H12N4. The summed E-state index contributed by atoms with van der Waals surface area (Å²) >= 11 is 0. The molecule has 0 aliphatic rings. The first-order valence-corrected chi connectivity index (χ1v) is 4.65. The number of aromatic nitrogens is 2. The normalized spacial score (nSPS) is 9.93. The van der Waals surface area contributed by atoms with Crippen LogP contribution in [0.25, 0.3) is 0 Å². The zero-order valence-corrected chi connectivity index (χ0v) is 8.44. The minimum absolute atomic E-state index is 0.421. The van der Waals surface area contributed by atoms with Gasteiger partial charge in [0.05, 0.1) is 12.4 Å². The molecule has 0 fully saturated rings. The topological polar surface area (TPSA) is 63.8 Å². The van der Waals surface area contributed by atoms with Crippen molar-refractivity contribution in [2.24, 2.45) is 0 Å². The molecule has 0 saturated carbocycles. The minimum atomic E-state index is 0.421. The van der Waals surface area contributed by atoms with E-state index < -0.39 is 0 Å². The summed E-state index contributed by atoms with van der Waals surface area (Å²) in [5.74, 6) is 1.11. The van der Waals surface area contributed by atoms with Crippen molar-refractivity contribution in [1.82, 2.24) is 9.97 Å². The Morgan fingerprint density at radius 1 is 1.20 bits per heavy atom. The van der Waals surface area contributed by atoms with Crippen LogP contribution in [0.5, 0.6) is 0 Å². The molecule has 15 heavy (non-hydrogen) atoms. The summed E-state index contributed by atoms with van der Waals surface area (Å²) in [4.78, 5) is 8.06. The Labute approximate surface area is 88.2 Å². The van der Waals surface area contributed by atoms with Crippen molar-refractivity contribution in [3.8, 4) is 0 Å². The first-order valence-electron chi connectivity index (χ1n) is 4.65. The second-order valence-corrected chi connectivity index (χ2v) is 3.32. The van der Waals surface area contributed by atoms with Crippen LogP contribution in [0.2, 0.25) is 0 Å². The van der Waals surface area contributed by atoms with Crippen LogP contribution in [0.15, 0.2) is 36.7 Å². The highest BCUT2D eigenvalue weighted by molar-refractivity contribution is 5.56. The van der Waals surface area contributed by atoms with Crippen LogP contribution in [0, 0.1) is 6.92 Å². The molecule has 2 aromatic rings. The fraction of sp³-hybridized carbons (Fsp3) is 0.0909. The predicted molar refractivity (Wildman–Crippen MR) is 60.9 cm³/mol. The van der Waals surface area contributed by atoms with Crippen LogP contribution in [0.3, 0.4) is 0 Å². The number of nitrogens with one attached hydrogen (secondary N) is 1. The average Bonchev–Trinajstić information content (AvgIpc) is 2.22. The Balaban J connectivity index is 2.18. The molecule has 0 bridgehead atoms. The number of hydrogen-bond donors (Lipinski definition) is 2. The number of anilines is 3. The molecule has 4 heteroatoms. The number of nitrogens with zero attached hydrogens (tertiary/aromatic N) is 2. The van der Waals surface area contributed by atoms with Gasteiger partial charge in [-0.3, -0.25) is 0 Å². The molecule has 0 amide bonds. The third kappa shape index (κ3) is 2.43. The lowest BCUT2D eigenvalue weighted by Crippen LogP contribution is -1.97. The van der Waals surface area contributed by atoms with E-state index in [9.17, 15) is 0 Å². The number of aryl methyl sites for hydroxylation is 1. The summed E-state index contributed by atoms with van der Waals surface area (Å²) in [5, 5.41) is 3.14. The number of benzene rings is 1. The highest BCUT2D eigenvalue weighted by atomic mass is 15.0. The van der Waals surface area contributed by atoms with E-state index in [4.69, 9.17) is 5.73 Å².